The number of rotatable bonds is 7. The normalized spacial score (nSPS) is 15.2. The van der Waals surface area contributed by atoms with Crippen molar-refractivity contribution in [3.05, 3.63) is 53.6 Å². The van der Waals surface area contributed by atoms with E-state index in [1.165, 1.54) is 0 Å². The highest BCUT2D eigenvalue weighted by Crippen LogP contribution is 2.32. The first-order valence-electron chi connectivity index (χ1n) is 8.94. The van der Waals surface area contributed by atoms with Crippen LogP contribution >= 0.6 is 11.6 Å². The van der Waals surface area contributed by atoms with Crippen LogP contribution in [0.4, 0.5) is 5.69 Å². The lowest BCUT2D eigenvalue weighted by Gasteiger charge is -2.34. The summed E-state index contributed by atoms with van der Waals surface area (Å²) in [5.41, 5.74) is 0.787. The summed E-state index contributed by atoms with van der Waals surface area (Å²) in [6.45, 7) is 1.13. The zero-order valence-electron chi connectivity index (χ0n) is 15.5. The lowest BCUT2D eigenvalue weighted by Crippen LogP contribution is -2.50. The molecule has 1 aliphatic rings. The molecule has 0 saturated heterocycles. The van der Waals surface area contributed by atoms with Crippen molar-refractivity contribution in [2.45, 2.75) is 6.10 Å². The van der Waals surface area contributed by atoms with Crippen molar-refractivity contribution in [2.24, 2.45) is 0 Å². The molecule has 0 saturated carbocycles. The fraction of sp³-hybridized carbons (Fsp3) is 0.300. The van der Waals surface area contributed by atoms with Crippen LogP contribution in [0.3, 0.4) is 0 Å². The fourth-order valence-corrected chi connectivity index (χ4v) is 3.00. The van der Waals surface area contributed by atoms with Gasteiger partial charge >= 0.3 is 0 Å². The van der Waals surface area contributed by atoms with Crippen molar-refractivity contribution in [2.75, 3.05) is 38.2 Å². The molecule has 148 valence electrons. The maximum Gasteiger partial charge on any atom is 0.262 e. The first kappa shape index (κ1) is 19.8. The van der Waals surface area contributed by atoms with E-state index in [9.17, 15) is 9.59 Å². The molecule has 2 aromatic carbocycles. The molecular weight excluding hydrogens is 382 g/mol. The highest BCUT2D eigenvalue weighted by Gasteiger charge is 2.30. The zero-order valence-corrected chi connectivity index (χ0v) is 16.2. The first-order chi connectivity index (χ1) is 13.6. The Labute approximate surface area is 168 Å². The summed E-state index contributed by atoms with van der Waals surface area (Å²) in [6.07, 6.45) is -0.666. The molecule has 0 radical (unpaired) electrons. The van der Waals surface area contributed by atoms with Crippen LogP contribution in [-0.4, -0.2) is 51.2 Å². The number of halogens is 1. The summed E-state index contributed by atoms with van der Waals surface area (Å²) in [4.78, 5) is 26.2. The molecule has 1 atom stereocenters. The molecule has 0 aromatic heterocycles. The first-order valence-corrected chi connectivity index (χ1v) is 9.32. The summed E-state index contributed by atoms with van der Waals surface area (Å²) in [5, 5.41) is 6.05. The second kappa shape index (κ2) is 9.32. The van der Waals surface area contributed by atoms with E-state index in [0.717, 1.165) is 5.69 Å². The van der Waals surface area contributed by atoms with Crippen molar-refractivity contribution < 1.29 is 19.1 Å². The summed E-state index contributed by atoms with van der Waals surface area (Å²) in [6, 6.07) is 14.4. The molecule has 0 fully saturated rings. The molecule has 2 aromatic rings. The van der Waals surface area contributed by atoms with Gasteiger partial charge in [-0.3, -0.25) is 9.59 Å². The highest BCUT2D eigenvalue weighted by molar-refractivity contribution is 6.30. The van der Waals surface area contributed by atoms with E-state index in [-0.39, 0.29) is 18.4 Å². The van der Waals surface area contributed by atoms with Gasteiger partial charge in [0.25, 0.3) is 5.91 Å². The number of anilines is 1. The van der Waals surface area contributed by atoms with Gasteiger partial charge in [0.1, 0.15) is 18.1 Å². The Bertz CT molecular complexity index is 828. The van der Waals surface area contributed by atoms with Gasteiger partial charge in [-0.05, 0) is 36.4 Å². The van der Waals surface area contributed by atoms with Gasteiger partial charge in [0.05, 0.1) is 25.3 Å². The van der Waals surface area contributed by atoms with Crippen LogP contribution in [0.5, 0.6) is 11.5 Å². The number of amides is 2. The van der Waals surface area contributed by atoms with Crippen molar-refractivity contribution in [3.63, 3.8) is 0 Å². The third-order valence-electron chi connectivity index (χ3n) is 4.24. The van der Waals surface area contributed by atoms with E-state index in [0.29, 0.717) is 36.2 Å². The Hall–Kier alpha value is -2.93. The topological polar surface area (TPSA) is 79.9 Å². The van der Waals surface area contributed by atoms with Crippen molar-refractivity contribution >= 4 is 29.1 Å². The number of hydrogen-bond donors (Lipinski definition) is 2. The van der Waals surface area contributed by atoms with E-state index in [2.05, 4.69) is 10.6 Å². The minimum absolute atomic E-state index is 0.120. The molecule has 3 rings (SSSR count). The van der Waals surface area contributed by atoms with Gasteiger partial charge in [0.2, 0.25) is 5.91 Å². The summed E-state index contributed by atoms with van der Waals surface area (Å²) in [5.74, 6) is 0.888. The highest BCUT2D eigenvalue weighted by atomic mass is 35.5. The van der Waals surface area contributed by atoms with Gasteiger partial charge in [-0.2, -0.15) is 0 Å². The number of nitrogens with one attached hydrogen (secondary N) is 2. The molecular formula is C20H22ClN3O4. The van der Waals surface area contributed by atoms with Crippen LogP contribution in [0.15, 0.2) is 48.5 Å². The maximum atomic E-state index is 12.4. The maximum absolute atomic E-state index is 12.4. The quantitative estimate of drug-likeness (QED) is 0.690. The van der Waals surface area contributed by atoms with Crippen LogP contribution in [0, 0.1) is 0 Å². The van der Waals surface area contributed by atoms with E-state index in [4.69, 9.17) is 21.1 Å². The Kier molecular flexibility index (Phi) is 6.60. The Morgan fingerprint density at radius 3 is 2.71 bits per heavy atom. The average molecular weight is 404 g/mol. The SMILES string of the molecule is CNC(=O)C1CN(CC(=O)NCCOc2ccc(Cl)cc2)c2ccccc2O1. The van der Waals surface area contributed by atoms with Gasteiger partial charge < -0.3 is 25.0 Å². The Morgan fingerprint density at radius 1 is 1.21 bits per heavy atom. The van der Waals surface area contributed by atoms with Gasteiger partial charge in [0.15, 0.2) is 6.10 Å². The number of likely N-dealkylation sites (N-methyl/N-ethyl adjacent to an activating group) is 1. The van der Waals surface area contributed by atoms with Gasteiger partial charge in [-0.15, -0.1) is 0 Å². The molecule has 1 unspecified atom stereocenters. The van der Waals surface area contributed by atoms with E-state index in [1.807, 2.05) is 23.1 Å². The van der Waals surface area contributed by atoms with Crippen LogP contribution < -0.4 is 25.0 Å². The molecule has 0 bridgehead atoms. The molecule has 0 spiro atoms. The second-order valence-electron chi connectivity index (χ2n) is 6.22. The van der Waals surface area contributed by atoms with Crippen molar-refractivity contribution in [3.8, 4) is 11.5 Å². The van der Waals surface area contributed by atoms with Crippen LogP contribution in [0.1, 0.15) is 0 Å². The average Bonchev–Trinajstić information content (AvgIpc) is 2.71. The molecule has 7 nitrogen and oxygen atoms in total. The number of para-hydroxylation sites is 2. The standard InChI is InChI=1S/C20H22ClN3O4/c1-22-20(26)18-12-24(16-4-2-3-5-17(16)28-18)13-19(25)23-10-11-27-15-8-6-14(21)7-9-15/h2-9,18H,10-13H2,1H3,(H,22,26)(H,23,25). The molecule has 1 heterocycles. The number of carbonyl (C=O) groups excluding carboxylic acids is 2. The van der Waals surface area contributed by atoms with Gasteiger partial charge in [-0.1, -0.05) is 23.7 Å². The largest absolute Gasteiger partial charge is 0.492 e. The predicted octanol–water partition coefficient (Wildman–Crippen LogP) is 1.85. The number of hydrogen-bond acceptors (Lipinski definition) is 5. The summed E-state index contributed by atoms with van der Waals surface area (Å²) < 4.78 is 11.3. The third-order valence-corrected chi connectivity index (χ3v) is 4.49. The minimum atomic E-state index is -0.666. The number of benzene rings is 2. The number of ether oxygens (including phenoxy) is 2. The molecule has 28 heavy (non-hydrogen) atoms. The molecule has 2 N–H and O–H groups in total. The second-order valence-corrected chi connectivity index (χ2v) is 6.66. The Balaban J connectivity index is 1.52. The number of carbonyl (C=O) groups is 2. The summed E-state index contributed by atoms with van der Waals surface area (Å²) in [7, 11) is 1.56. The lowest BCUT2D eigenvalue weighted by atomic mass is 10.1. The molecule has 0 aliphatic carbocycles. The zero-order chi connectivity index (χ0) is 19.9. The van der Waals surface area contributed by atoms with Crippen molar-refractivity contribution in [1.82, 2.24) is 10.6 Å². The van der Waals surface area contributed by atoms with Crippen LogP contribution in [-0.2, 0) is 9.59 Å². The third kappa shape index (κ3) is 5.07. The van der Waals surface area contributed by atoms with Crippen LogP contribution in [0.2, 0.25) is 5.02 Å². The van der Waals surface area contributed by atoms with Gasteiger partial charge in [0, 0.05) is 12.1 Å². The van der Waals surface area contributed by atoms with Crippen LogP contribution in [0.25, 0.3) is 0 Å². The fourth-order valence-electron chi connectivity index (χ4n) is 2.87. The van der Waals surface area contributed by atoms with E-state index in [1.54, 1.807) is 37.4 Å². The predicted molar refractivity (Wildman–Crippen MR) is 107 cm³/mol. The number of nitrogens with zero attached hydrogens (tertiary/aromatic N) is 1. The lowest BCUT2D eigenvalue weighted by molar-refractivity contribution is -0.127. The Morgan fingerprint density at radius 2 is 1.96 bits per heavy atom. The molecule has 8 heteroatoms. The minimum Gasteiger partial charge on any atom is -0.492 e. The van der Waals surface area contributed by atoms with E-state index < -0.39 is 6.10 Å². The smallest absolute Gasteiger partial charge is 0.262 e. The number of fused-ring (bicyclic) bond motifs is 1. The van der Waals surface area contributed by atoms with E-state index >= 15 is 0 Å². The van der Waals surface area contributed by atoms with Crippen molar-refractivity contribution in [1.29, 1.82) is 0 Å². The van der Waals surface area contributed by atoms with Gasteiger partial charge in [-0.25, -0.2) is 0 Å². The molecule has 1 aliphatic heterocycles. The molecule has 2 amide bonds. The summed E-state index contributed by atoms with van der Waals surface area (Å²) >= 11 is 5.83. The monoisotopic (exact) mass is 403 g/mol.